The predicted octanol–water partition coefficient (Wildman–Crippen LogP) is 15.8. The number of benzene rings is 10. The molecule has 0 saturated heterocycles. The molecule has 0 N–H and O–H groups in total. The summed E-state index contributed by atoms with van der Waals surface area (Å²) in [5.41, 5.74) is 16.8. The average molecular weight is 752 g/mol. The first-order valence-electron chi connectivity index (χ1n) is 20.1. The lowest BCUT2D eigenvalue weighted by Crippen LogP contribution is -1.94. The summed E-state index contributed by atoms with van der Waals surface area (Å²) in [6, 6.07) is 80.5. The van der Waals surface area contributed by atoms with E-state index in [0.717, 1.165) is 22.2 Å². The molecule has 0 saturated carbocycles. The van der Waals surface area contributed by atoms with Gasteiger partial charge in [0, 0.05) is 5.56 Å². The monoisotopic (exact) mass is 751 g/mol. The number of nitrogens with zero attached hydrogens (tertiary/aromatic N) is 1. The maximum Gasteiger partial charge on any atom is 0.227 e. The van der Waals surface area contributed by atoms with Crippen molar-refractivity contribution in [1.82, 2.24) is 4.98 Å². The van der Waals surface area contributed by atoms with Gasteiger partial charge in [0.25, 0.3) is 0 Å². The van der Waals surface area contributed by atoms with Crippen LogP contribution in [0.3, 0.4) is 0 Å². The van der Waals surface area contributed by atoms with Crippen molar-refractivity contribution in [1.29, 1.82) is 0 Å². The maximum atomic E-state index is 6.24. The lowest BCUT2D eigenvalue weighted by molar-refractivity contribution is 0.620. The van der Waals surface area contributed by atoms with Crippen molar-refractivity contribution < 1.29 is 4.42 Å². The SMILES string of the molecule is c1ccc(-c2cc(-c3ccccc3)c(-c3cccc(-c4c5ccccc5c(-c5cccc(-c6nc7ccccc7o6)c5)c5ccccc45)c3)c(-c3ccccc3)c2)cc1. The van der Waals surface area contributed by atoms with Gasteiger partial charge in [-0.3, -0.25) is 0 Å². The number of hydrogen-bond acceptors (Lipinski definition) is 2. The molecule has 11 rings (SSSR count). The van der Waals surface area contributed by atoms with Crippen molar-refractivity contribution in [2.75, 3.05) is 0 Å². The Bertz CT molecular complexity index is 3160. The molecule has 0 aliphatic carbocycles. The van der Waals surface area contributed by atoms with Gasteiger partial charge in [0.05, 0.1) is 0 Å². The van der Waals surface area contributed by atoms with E-state index in [1.54, 1.807) is 0 Å². The summed E-state index contributed by atoms with van der Waals surface area (Å²) in [5, 5.41) is 4.81. The third-order valence-electron chi connectivity index (χ3n) is 11.5. The molecule has 59 heavy (non-hydrogen) atoms. The topological polar surface area (TPSA) is 26.0 Å². The van der Waals surface area contributed by atoms with Crippen molar-refractivity contribution in [3.8, 4) is 78.2 Å². The van der Waals surface area contributed by atoms with E-state index >= 15 is 0 Å². The van der Waals surface area contributed by atoms with E-state index in [1.165, 1.54) is 82.7 Å². The number of rotatable bonds is 7. The Kier molecular flexibility index (Phi) is 8.52. The second-order valence-corrected chi connectivity index (χ2v) is 15.0. The van der Waals surface area contributed by atoms with Crippen LogP contribution in [0.5, 0.6) is 0 Å². The number of aromatic nitrogens is 1. The minimum atomic E-state index is 0.622. The second kappa shape index (κ2) is 14.6. The van der Waals surface area contributed by atoms with Crippen LogP contribution in [-0.4, -0.2) is 4.98 Å². The van der Waals surface area contributed by atoms with E-state index in [9.17, 15) is 0 Å². The normalized spacial score (nSPS) is 11.4. The van der Waals surface area contributed by atoms with Gasteiger partial charge in [0.15, 0.2) is 5.58 Å². The summed E-state index contributed by atoms with van der Waals surface area (Å²) >= 11 is 0. The van der Waals surface area contributed by atoms with E-state index < -0.39 is 0 Å². The quantitative estimate of drug-likeness (QED) is 0.152. The van der Waals surface area contributed by atoms with E-state index in [4.69, 9.17) is 9.40 Å². The zero-order chi connectivity index (χ0) is 39.1. The summed E-state index contributed by atoms with van der Waals surface area (Å²) in [5.74, 6) is 0.622. The highest BCUT2D eigenvalue weighted by molar-refractivity contribution is 6.21. The summed E-state index contributed by atoms with van der Waals surface area (Å²) in [6.45, 7) is 0. The molecule has 1 aromatic heterocycles. The molecular formula is C57H37NO. The van der Waals surface area contributed by atoms with E-state index in [0.29, 0.717) is 5.89 Å². The van der Waals surface area contributed by atoms with E-state index in [-0.39, 0.29) is 0 Å². The number of fused-ring (bicyclic) bond motifs is 3. The van der Waals surface area contributed by atoms with Crippen LogP contribution in [0.4, 0.5) is 0 Å². The van der Waals surface area contributed by atoms with Crippen LogP contribution in [0.2, 0.25) is 0 Å². The maximum absolute atomic E-state index is 6.24. The largest absolute Gasteiger partial charge is 0.436 e. The van der Waals surface area contributed by atoms with Crippen LogP contribution in [0, 0.1) is 0 Å². The van der Waals surface area contributed by atoms with Crippen LogP contribution in [0.1, 0.15) is 0 Å². The van der Waals surface area contributed by atoms with Gasteiger partial charge in [0.2, 0.25) is 5.89 Å². The molecular weight excluding hydrogens is 715 g/mol. The summed E-state index contributed by atoms with van der Waals surface area (Å²) < 4.78 is 6.24. The van der Waals surface area contributed by atoms with Gasteiger partial charge in [-0.2, -0.15) is 0 Å². The molecule has 0 spiro atoms. The van der Waals surface area contributed by atoms with E-state index in [1.807, 2.05) is 24.3 Å². The third kappa shape index (κ3) is 6.19. The zero-order valence-corrected chi connectivity index (χ0v) is 32.2. The van der Waals surface area contributed by atoms with Crippen molar-refractivity contribution in [3.63, 3.8) is 0 Å². The van der Waals surface area contributed by atoms with Crippen molar-refractivity contribution in [3.05, 3.63) is 224 Å². The number of oxazole rings is 1. The highest BCUT2D eigenvalue weighted by Crippen LogP contribution is 2.47. The standard InChI is InChI=1S/C57H37NO/c1-4-18-38(19-5-1)45-36-50(39-20-6-2-7-21-39)56(51(37-45)40-22-8-3-9-23-40)42-25-16-24-41(34-42)54-46-28-10-12-30-48(46)55(49-31-13-11-29-47(49)54)43-26-17-27-44(35-43)57-58-52-32-14-15-33-53(52)59-57/h1-37H. The van der Waals surface area contributed by atoms with Crippen molar-refractivity contribution in [2.24, 2.45) is 0 Å². The van der Waals surface area contributed by atoms with Crippen LogP contribution in [-0.2, 0) is 0 Å². The van der Waals surface area contributed by atoms with Crippen LogP contribution < -0.4 is 0 Å². The molecule has 0 amide bonds. The molecule has 0 aliphatic heterocycles. The van der Waals surface area contributed by atoms with E-state index in [2.05, 4.69) is 200 Å². The second-order valence-electron chi connectivity index (χ2n) is 15.0. The Morgan fingerprint density at radius 3 is 1.17 bits per heavy atom. The molecule has 0 bridgehead atoms. The first-order chi connectivity index (χ1) is 29.3. The number of hydrogen-bond donors (Lipinski definition) is 0. The molecule has 0 aliphatic rings. The van der Waals surface area contributed by atoms with Gasteiger partial charge < -0.3 is 4.42 Å². The Balaban J connectivity index is 1.14. The molecule has 0 atom stereocenters. The van der Waals surface area contributed by atoms with Crippen molar-refractivity contribution in [2.45, 2.75) is 0 Å². The first-order valence-corrected chi connectivity index (χ1v) is 20.1. The minimum Gasteiger partial charge on any atom is -0.436 e. The zero-order valence-electron chi connectivity index (χ0n) is 32.2. The molecule has 2 nitrogen and oxygen atoms in total. The molecule has 0 radical (unpaired) electrons. The van der Waals surface area contributed by atoms with Gasteiger partial charge in [-0.15, -0.1) is 0 Å². The highest BCUT2D eigenvalue weighted by Gasteiger charge is 2.21. The fraction of sp³-hybridized carbons (Fsp3) is 0. The third-order valence-corrected chi connectivity index (χ3v) is 11.5. The molecule has 1 heterocycles. The minimum absolute atomic E-state index is 0.622. The lowest BCUT2D eigenvalue weighted by Gasteiger charge is -2.21. The van der Waals surface area contributed by atoms with Crippen LogP contribution in [0.25, 0.3) is 111 Å². The fourth-order valence-electron chi connectivity index (χ4n) is 8.83. The lowest BCUT2D eigenvalue weighted by atomic mass is 9.82. The molecule has 10 aromatic carbocycles. The predicted molar refractivity (Wildman–Crippen MR) is 247 cm³/mol. The van der Waals surface area contributed by atoms with Gasteiger partial charge in [-0.05, 0) is 131 Å². The summed E-state index contributed by atoms with van der Waals surface area (Å²) in [4.78, 5) is 4.83. The number of para-hydroxylation sites is 2. The van der Waals surface area contributed by atoms with Gasteiger partial charge in [-0.1, -0.05) is 182 Å². The molecule has 11 aromatic rings. The van der Waals surface area contributed by atoms with Crippen LogP contribution >= 0.6 is 0 Å². The van der Waals surface area contributed by atoms with Gasteiger partial charge in [-0.25, -0.2) is 4.98 Å². The summed E-state index contributed by atoms with van der Waals surface area (Å²) in [6.07, 6.45) is 0. The Hall–Kier alpha value is -7.81. The molecule has 276 valence electrons. The highest BCUT2D eigenvalue weighted by atomic mass is 16.3. The Morgan fingerprint density at radius 2 is 0.661 bits per heavy atom. The van der Waals surface area contributed by atoms with Gasteiger partial charge >= 0.3 is 0 Å². The Labute approximate surface area is 343 Å². The molecule has 0 fully saturated rings. The first kappa shape index (κ1) is 34.4. The van der Waals surface area contributed by atoms with Crippen molar-refractivity contribution >= 4 is 32.6 Å². The van der Waals surface area contributed by atoms with Gasteiger partial charge in [0.1, 0.15) is 5.52 Å². The van der Waals surface area contributed by atoms with Crippen LogP contribution in [0.15, 0.2) is 229 Å². The molecule has 2 heteroatoms. The average Bonchev–Trinajstić information content (AvgIpc) is 3.76. The molecule has 0 unspecified atom stereocenters. The Morgan fingerprint density at radius 1 is 0.271 bits per heavy atom. The fourth-order valence-corrected chi connectivity index (χ4v) is 8.83. The smallest absolute Gasteiger partial charge is 0.227 e. The summed E-state index contributed by atoms with van der Waals surface area (Å²) in [7, 11) is 0.